The van der Waals surface area contributed by atoms with Gasteiger partial charge in [-0.2, -0.15) is 0 Å². The molecule has 1 heterocycles. The van der Waals surface area contributed by atoms with Gasteiger partial charge in [-0.15, -0.1) is 6.42 Å². The average Bonchev–Trinajstić information content (AvgIpc) is 2.63. The normalized spacial score (nSPS) is 10.4. The van der Waals surface area contributed by atoms with Crippen LogP contribution in [0.5, 0.6) is 0 Å². The second-order valence-corrected chi connectivity index (χ2v) is 5.32. The van der Waals surface area contributed by atoms with Crippen LogP contribution in [0.25, 0.3) is 16.6 Å². The third-order valence-corrected chi connectivity index (χ3v) is 3.77. The van der Waals surface area contributed by atoms with Crippen molar-refractivity contribution in [2.75, 3.05) is 6.61 Å². The minimum atomic E-state index is -0.712. The van der Waals surface area contributed by atoms with E-state index in [0.29, 0.717) is 22.2 Å². The van der Waals surface area contributed by atoms with E-state index in [1.165, 1.54) is 18.3 Å². The molecule has 0 spiro atoms. The van der Waals surface area contributed by atoms with Crippen molar-refractivity contribution in [2.45, 2.75) is 6.92 Å². The van der Waals surface area contributed by atoms with Gasteiger partial charge < -0.3 is 9.30 Å². The Morgan fingerprint density at radius 2 is 1.96 bits per heavy atom. The van der Waals surface area contributed by atoms with Crippen molar-refractivity contribution in [3.63, 3.8) is 0 Å². The van der Waals surface area contributed by atoms with Crippen LogP contribution in [0.4, 0.5) is 4.39 Å². The molecule has 0 bridgehead atoms. The second-order valence-electron chi connectivity index (χ2n) is 5.32. The number of terminal acetylenes is 1. The van der Waals surface area contributed by atoms with Crippen molar-refractivity contribution in [1.29, 1.82) is 0 Å². The summed E-state index contributed by atoms with van der Waals surface area (Å²) in [4.78, 5) is 24.9. The van der Waals surface area contributed by atoms with Crippen LogP contribution in [0.2, 0.25) is 0 Å². The number of carbonyl (C=O) groups excluding carboxylic acids is 1. The lowest BCUT2D eigenvalue weighted by Crippen LogP contribution is -2.20. The molecule has 0 unspecified atom stereocenters. The van der Waals surface area contributed by atoms with Crippen LogP contribution in [-0.2, 0) is 4.74 Å². The molecule has 0 aliphatic carbocycles. The standard InChI is InChI=1S/C20H14FNO3/c1-3-13-5-10-18-16(11-13)19(23)17(20(24)25-4-2)12-22(18)15-8-6-14(21)7-9-15/h1,5-12H,4H2,2H3. The molecule has 0 N–H and O–H groups in total. The smallest absolute Gasteiger partial charge is 0.343 e. The number of ether oxygens (including phenoxy) is 1. The Bertz CT molecular complexity index is 1060. The summed E-state index contributed by atoms with van der Waals surface area (Å²) in [5.41, 5.74) is 1.13. The highest BCUT2D eigenvalue weighted by atomic mass is 19.1. The first-order valence-electron chi connectivity index (χ1n) is 7.64. The number of carbonyl (C=O) groups is 1. The van der Waals surface area contributed by atoms with Gasteiger partial charge in [0, 0.05) is 22.8 Å². The van der Waals surface area contributed by atoms with Crippen LogP contribution in [0.15, 0.2) is 53.5 Å². The predicted molar refractivity (Wildman–Crippen MR) is 93.4 cm³/mol. The number of nitrogens with zero attached hydrogens (tertiary/aromatic N) is 1. The van der Waals surface area contributed by atoms with Gasteiger partial charge in [-0.25, -0.2) is 9.18 Å². The van der Waals surface area contributed by atoms with Crippen LogP contribution >= 0.6 is 0 Å². The number of esters is 1. The molecule has 2 aromatic carbocycles. The number of benzene rings is 2. The summed E-state index contributed by atoms with van der Waals surface area (Å²) in [6, 6.07) is 10.7. The van der Waals surface area contributed by atoms with Crippen LogP contribution in [0.3, 0.4) is 0 Å². The molecular weight excluding hydrogens is 321 g/mol. The number of pyridine rings is 1. The Morgan fingerprint density at radius 3 is 2.60 bits per heavy atom. The van der Waals surface area contributed by atoms with E-state index in [-0.39, 0.29) is 18.0 Å². The summed E-state index contributed by atoms with van der Waals surface area (Å²) >= 11 is 0. The highest BCUT2D eigenvalue weighted by Crippen LogP contribution is 2.19. The number of hydrogen-bond acceptors (Lipinski definition) is 3. The van der Waals surface area contributed by atoms with Gasteiger partial charge in [0.25, 0.3) is 0 Å². The van der Waals surface area contributed by atoms with E-state index in [2.05, 4.69) is 5.92 Å². The van der Waals surface area contributed by atoms with E-state index in [1.54, 1.807) is 41.8 Å². The number of halogens is 1. The van der Waals surface area contributed by atoms with Crippen LogP contribution < -0.4 is 5.43 Å². The molecule has 0 atom stereocenters. The molecule has 0 fully saturated rings. The molecule has 0 aliphatic rings. The largest absolute Gasteiger partial charge is 0.462 e. The minimum Gasteiger partial charge on any atom is -0.462 e. The van der Waals surface area contributed by atoms with Gasteiger partial charge in [-0.05, 0) is 49.4 Å². The van der Waals surface area contributed by atoms with Gasteiger partial charge in [-0.1, -0.05) is 5.92 Å². The lowest BCUT2D eigenvalue weighted by Gasteiger charge is -2.13. The van der Waals surface area contributed by atoms with E-state index in [0.717, 1.165) is 0 Å². The first kappa shape index (κ1) is 16.5. The zero-order valence-corrected chi connectivity index (χ0v) is 13.5. The van der Waals surface area contributed by atoms with Crippen molar-refractivity contribution < 1.29 is 13.9 Å². The maximum Gasteiger partial charge on any atom is 0.343 e. The average molecular weight is 335 g/mol. The molecular formula is C20H14FNO3. The number of hydrogen-bond donors (Lipinski definition) is 0. The summed E-state index contributed by atoms with van der Waals surface area (Å²) in [7, 11) is 0. The Balaban J connectivity index is 2.36. The number of rotatable bonds is 3. The molecule has 1 aromatic heterocycles. The first-order valence-corrected chi connectivity index (χ1v) is 7.64. The maximum absolute atomic E-state index is 13.2. The predicted octanol–water partition coefficient (Wildman–Crippen LogP) is 3.29. The molecule has 0 radical (unpaired) electrons. The fourth-order valence-electron chi connectivity index (χ4n) is 2.59. The van der Waals surface area contributed by atoms with Crippen molar-refractivity contribution >= 4 is 16.9 Å². The Labute approximate surface area is 143 Å². The number of aromatic nitrogens is 1. The molecule has 0 aliphatic heterocycles. The monoisotopic (exact) mass is 335 g/mol. The Hall–Kier alpha value is -3.39. The zero-order valence-electron chi connectivity index (χ0n) is 13.5. The summed E-state index contributed by atoms with van der Waals surface area (Å²) in [5, 5.41) is 0.297. The highest BCUT2D eigenvalue weighted by Gasteiger charge is 2.17. The van der Waals surface area contributed by atoms with Crippen LogP contribution in [0, 0.1) is 18.2 Å². The zero-order chi connectivity index (χ0) is 18.0. The summed E-state index contributed by atoms with van der Waals surface area (Å²) < 4.78 is 19.8. The van der Waals surface area contributed by atoms with E-state index in [9.17, 15) is 14.0 Å². The van der Waals surface area contributed by atoms with Gasteiger partial charge in [0.15, 0.2) is 0 Å². The van der Waals surface area contributed by atoms with E-state index in [4.69, 9.17) is 11.2 Å². The molecule has 4 nitrogen and oxygen atoms in total. The molecule has 5 heteroatoms. The molecule has 3 rings (SSSR count). The van der Waals surface area contributed by atoms with Gasteiger partial charge in [0.1, 0.15) is 11.4 Å². The second kappa shape index (κ2) is 6.62. The third kappa shape index (κ3) is 3.02. The lowest BCUT2D eigenvalue weighted by molar-refractivity contribution is 0.0524. The Morgan fingerprint density at radius 1 is 1.24 bits per heavy atom. The van der Waals surface area contributed by atoms with E-state index >= 15 is 0 Å². The topological polar surface area (TPSA) is 48.3 Å². The number of fused-ring (bicyclic) bond motifs is 1. The van der Waals surface area contributed by atoms with Crippen molar-refractivity contribution in [1.82, 2.24) is 4.57 Å². The SMILES string of the molecule is C#Cc1ccc2c(c1)c(=O)c(C(=O)OCC)cn2-c1ccc(F)cc1. The van der Waals surface area contributed by atoms with Gasteiger partial charge in [-0.3, -0.25) is 4.79 Å². The minimum absolute atomic E-state index is 0.104. The van der Waals surface area contributed by atoms with Crippen molar-refractivity contribution in [3.05, 3.63) is 75.8 Å². The summed E-state index contributed by atoms with van der Waals surface area (Å²) in [6.07, 6.45) is 6.82. The summed E-state index contributed by atoms with van der Waals surface area (Å²) in [6.45, 7) is 1.81. The lowest BCUT2D eigenvalue weighted by atomic mass is 10.1. The quantitative estimate of drug-likeness (QED) is 0.545. The molecule has 25 heavy (non-hydrogen) atoms. The fraction of sp³-hybridized carbons (Fsp3) is 0.100. The molecule has 0 amide bonds. The van der Waals surface area contributed by atoms with E-state index in [1.807, 2.05) is 0 Å². The Kier molecular flexibility index (Phi) is 4.36. The van der Waals surface area contributed by atoms with Gasteiger partial charge in [0.05, 0.1) is 12.1 Å². The maximum atomic E-state index is 13.2. The fourth-order valence-corrected chi connectivity index (χ4v) is 2.59. The summed E-state index contributed by atoms with van der Waals surface area (Å²) in [5.74, 6) is 1.38. The van der Waals surface area contributed by atoms with Crippen LogP contribution in [-0.4, -0.2) is 17.1 Å². The third-order valence-electron chi connectivity index (χ3n) is 3.77. The molecule has 0 saturated heterocycles. The van der Waals surface area contributed by atoms with Gasteiger partial charge in [0.2, 0.25) is 5.43 Å². The van der Waals surface area contributed by atoms with Crippen molar-refractivity contribution in [3.8, 4) is 18.0 Å². The van der Waals surface area contributed by atoms with E-state index < -0.39 is 11.4 Å². The van der Waals surface area contributed by atoms with Crippen molar-refractivity contribution in [2.24, 2.45) is 0 Å². The van der Waals surface area contributed by atoms with Crippen LogP contribution in [0.1, 0.15) is 22.8 Å². The molecule has 0 saturated carbocycles. The molecule has 3 aromatic rings. The molecule has 124 valence electrons. The highest BCUT2D eigenvalue weighted by molar-refractivity contribution is 5.94. The van der Waals surface area contributed by atoms with Gasteiger partial charge >= 0.3 is 5.97 Å². The first-order chi connectivity index (χ1) is 12.0.